The number of hydrogen-bond donors (Lipinski definition) is 2. The Bertz CT molecular complexity index is 1230. The van der Waals surface area contributed by atoms with Crippen molar-refractivity contribution in [3.05, 3.63) is 101 Å². The largest absolute Gasteiger partial charge is 0.312 e. The number of thiazole rings is 1. The predicted molar refractivity (Wildman–Crippen MR) is 125 cm³/mol. The maximum Gasteiger partial charge on any atom is 0.256 e. The van der Waals surface area contributed by atoms with Gasteiger partial charge in [0.25, 0.3) is 5.91 Å². The van der Waals surface area contributed by atoms with Crippen molar-refractivity contribution in [1.82, 2.24) is 4.98 Å². The Morgan fingerprint density at radius 2 is 1.81 bits per heavy atom. The van der Waals surface area contributed by atoms with Gasteiger partial charge in [-0.05, 0) is 42.0 Å². The van der Waals surface area contributed by atoms with Crippen LogP contribution in [0, 0.1) is 5.82 Å². The molecule has 0 spiro atoms. The molecule has 4 rings (SSSR count). The number of hydrogen-bond acceptors (Lipinski definition) is 5. The van der Waals surface area contributed by atoms with Crippen molar-refractivity contribution < 1.29 is 9.18 Å². The molecule has 1 amide bonds. The summed E-state index contributed by atoms with van der Waals surface area (Å²) >= 11 is 7.24. The summed E-state index contributed by atoms with van der Waals surface area (Å²) in [5.41, 5.74) is 5.54. The van der Waals surface area contributed by atoms with Crippen LogP contribution in [0.15, 0.2) is 84.0 Å². The molecule has 0 aliphatic carbocycles. The fourth-order valence-corrected chi connectivity index (χ4v) is 3.80. The Kier molecular flexibility index (Phi) is 6.35. The highest BCUT2D eigenvalue weighted by Gasteiger charge is 2.16. The Labute approximate surface area is 187 Å². The van der Waals surface area contributed by atoms with E-state index in [4.69, 9.17) is 11.6 Å². The van der Waals surface area contributed by atoms with E-state index in [1.807, 2.05) is 42.5 Å². The van der Waals surface area contributed by atoms with Crippen LogP contribution in [0.2, 0.25) is 5.02 Å². The first-order chi connectivity index (χ1) is 15.1. The minimum absolute atomic E-state index is 0.349. The minimum atomic E-state index is -0.400. The first-order valence-electron chi connectivity index (χ1n) is 9.26. The van der Waals surface area contributed by atoms with Crippen LogP contribution in [0.25, 0.3) is 11.3 Å². The first kappa shape index (κ1) is 20.7. The average Bonchev–Trinajstić information content (AvgIpc) is 3.17. The fraction of sp³-hybridized carbons (Fsp3) is 0. The van der Waals surface area contributed by atoms with Crippen molar-refractivity contribution in [3.8, 4) is 11.3 Å². The third kappa shape index (κ3) is 5.33. The average molecular weight is 451 g/mol. The van der Waals surface area contributed by atoms with E-state index in [-0.39, 0.29) is 5.91 Å². The number of aromatic nitrogens is 1. The highest BCUT2D eigenvalue weighted by atomic mass is 35.5. The van der Waals surface area contributed by atoms with Crippen LogP contribution in [0.5, 0.6) is 0 Å². The van der Waals surface area contributed by atoms with E-state index in [1.54, 1.807) is 18.3 Å². The molecule has 1 aromatic heterocycles. The molecule has 0 unspecified atom stereocenters. The summed E-state index contributed by atoms with van der Waals surface area (Å²) in [7, 11) is 0. The monoisotopic (exact) mass is 450 g/mol. The van der Waals surface area contributed by atoms with Crippen molar-refractivity contribution in [1.29, 1.82) is 0 Å². The zero-order chi connectivity index (χ0) is 21.6. The molecule has 0 radical (unpaired) electrons. The van der Waals surface area contributed by atoms with Gasteiger partial charge in [-0.25, -0.2) is 9.37 Å². The van der Waals surface area contributed by atoms with Gasteiger partial charge in [-0.3, -0.25) is 10.2 Å². The third-order valence-corrected chi connectivity index (χ3v) is 5.34. The first-order valence-corrected chi connectivity index (χ1v) is 10.5. The van der Waals surface area contributed by atoms with Crippen molar-refractivity contribution in [3.63, 3.8) is 0 Å². The SMILES string of the molecule is O=C(Nc1sc(N/N=C\c2cccc(Cl)c2)nc1-c1ccccc1)c1ccc(F)cc1. The van der Waals surface area contributed by atoms with Gasteiger partial charge in [-0.1, -0.05) is 65.4 Å². The van der Waals surface area contributed by atoms with Gasteiger partial charge in [0.15, 0.2) is 0 Å². The number of rotatable bonds is 6. The fourth-order valence-electron chi connectivity index (χ4n) is 2.77. The Balaban J connectivity index is 1.58. The van der Waals surface area contributed by atoms with Crippen molar-refractivity contribution in [2.45, 2.75) is 0 Å². The highest BCUT2D eigenvalue weighted by Crippen LogP contribution is 2.36. The number of amides is 1. The molecule has 8 heteroatoms. The van der Waals surface area contributed by atoms with Gasteiger partial charge >= 0.3 is 0 Å². The van der Waals surface area contributed by atoms with Crippen LogP contribution in [0.4, 0.5) is 14.5 Å². The molecule has 1 heterocycles. The Hall–Kier alpha value is -3.55. The quantitative estimate of drug-likeness (QED) is 0.267. The summed E-state index contributed by atoms with van der Waals surface area (Å²) in [4.78, 5) is 17.2. The van der Waals surface area contributed by atoms with Gasteiger partial charge in [-0.15, -0.1) is 0 Å². The number of nitrogens with one attached hydrogen (secondary N) is 2. The number of halogens is 2. The van der Waals surface area contributed by atoms with E-state index in [9.17, 15) is 9.18 Å². The van der Waals surface area contributed by atoms with Crippen LogP contribution < -0.4 is 10.7 Å². The summed E-state index contributed by atoms with van der Waals surface area (Å²) in [5, 5.41) is 8.76. The molecule has 2 N–H and O–H groups in total. The lowest BCUT2D eigenvalue weighted by molar-refractivity contribution is 0.102. The molecule has 0 aliphatic heterocycles. The number of nitrogens with zero attached hydrogens (tertiary/aromatic N) is 2. The summed E-state index contributed by atoms with van der Waals surface area (Å²) in [6.45, 7) is 0. The predicted octanol–water partition coefficient (Wildman–Crippen LogP) is 6.30. The normalized spacial score (nSPS) is 10.9. The second-order valence-corrected chi connectivity index (χ2v) is 7.88. The van der Waals surface area contributed by atoms with Crippen LogP contribution in [-0.2, 0) is 0 Å². The lowest BCUT2D eigenvalue weighted by Gasteiger charge is -2.05. The Morgan fingerprint density at radius 1 is 1.03 bits per heavy atom. The lowest BCUT2D eigenvalue weighted by Crippen LogP contribution is -2.11. The second kappa shape index (κ2) is 9.51. The number of carbonyl (C=O) groups excluding carboxylic acids is 1. The zero-order valence-electron chi connectivity index (χ0n) is 16.0. The number of carbonyl (C=O) groups is 1. The molecule has 0 bridgehead atoms. The van der Waals surface area contributed by atoms with Crippen LogP contribution in [-0.4, -0.2) is 17.1 Å². The summed E-state index contributed by atoms with van der Waals surface area (Å²) in [6.07, 6.45) is 1.63. The smallest absolute Gasteiger partial charge is 0.256 e. The van der Waals surface area contributed by atoms with Crippen molar-refractivity contribution in [2.75, 3.05) is 10.7 Å². The van der Waals surface area contributed by atoms with Crippen LogP contribution in [0.1, 0.15) is 15.9 Å². The lowest BCUT2D eigenvalue weighted by atomic mass is 10.1. The molecule has 31 heavy (non-hydrogen) atoms. The molecule has 5 nitrogen and oxygen atoms in total. The maximum absolute atomic E-state index is 13.2. The third-order valence-electron chi connectivity index (χ3n) is 4.23. The van der Waals surface area contributed by atoms with E-state index < -0.39 is 5.82 Å². The minimum Gasteiger partial charge on any atom is -0.312 e. The number of hydrazone groups is 1. The molecule has 0 atom stereocenters. The summed E-state index contributed by atoms with van der Waals surface area (Å²) in [6, 6.07) is 22.2. The van der Waals surface area contributed by atoms with E-state index in [0.717, 1.165) is 11.1 Å². The second-order valence-electron chi connectivity index (χ2n) is 6.45. The standard InChI is InChI=1S/C23H16ClFN4OS/c24-18-8-4-5-15(13-18)14-26-29-23-27-20(16-6-2-1-3-7-16)22(31-23)28-21(30)17-9-11-19(25)12-10-17/h1-14H,(H,27,29)(H,28,30)/b26-14-. The molecule has 0 aliphatic rings. The molecule has 0 saturated carbocycles. The summed E-state index contributed by atoms with van der Waals surface area (Å²) < 4.78 is 13.2. The van der Waals surface area contributed by atoms with E-state index in [1.165, 1.54) is 35.6 Å². The van der Waals surface area contributed by atoms with Gasteiger partial charge < -0.3 is 5.32 Å². The van der Waals surface area contributed by atoms with Crippen LogP contribution >= 0.6 is 22.9 Å². The molecule has 154 valence electrons. The number of benzene rings is 3. The Morgan fingerprint density at radius 3 is 2.55 bits per heavy atom. The maximum atomic E-state index is 13.2. The van der Waals surface area contributed by atoms with Crippen molar-refractivity contribution in [2.24, 2.45) is 5.10 Å². The van der Waals surface area contributed by atoms with Crippen LogP contribution in [0.3, 0.4) is 0 Å². The zero-order valence-corrected chi connectivity index (χ0v) is 17.6. The molecular formula is C23H16ClFN4OS. The van der Waals surface area contributed by atoms with Gasteiger partial charge in [0.2, 0.25) is 5.13 Å². The summed E-state index contributed by atoms with van der Waals surface area (Å²) in [5.74, 6) is -0.752. The molecule has 0 saturated heterocycles. The molecule has 0 fully saturated rings. The van der Waals surface area contributed by atoms with E-state index in [2.05, 4.69) is 20.8 Å². The van der Waals surface area contributed by atoms with Crippen molar-refractivity contribution >= 4 is 45.2 Å². The van der Waals surface area contributed by atoms with Gasteiger partial charge in [-0.2, -0.15) is 5.10 Å². The van der Waals surface area contributed by atoms with Gasteiger partial charge in [0.1, 0.15) is 16.5 Å². The van der Waals surface area contributed by atoms with Gasteiger partial charge in [0.05, 0.1) is 6.21 Å². The molecule has 3 aromatic carbocycles. The molecule has 4 aromatic rings. The topological polar surface area (TPSA) is 66.4 Å². The molecular weight excluding hydrogens is 435 g/mol. The van der Waals surface area contributed by atoms with E-state index >= 15 is 0 Å². The highest BCUT2D eigenvalue weighted by molar-refractivity contribution is 7.20. The van der Waals surface area contributed by atoms with E-state index in [0.29, 0.717) is 26.4 Å². The van der Waals surface area contributed by atoms with Gasteiger partial charge in [0, 0.05) is 16.1 Å². The number of anilines is 2.